The minimum atomic E-state index is -1.12. The van der Waals surface area contributed by atoms with Gasteiger partial charge in [-0.1, -0.05) is 0 Å². The molecule has 0 spiro atoms. The van der Waals surface area contributed by atoms with Crippen LogP contribution in [0.15, 0.2) is 18.3 Å². The first-order valence-electron chi connectivity index (χ1n) is 9.76. The molecule has 11 nitrogen and oxygen atoms in total. The van der Waals surface area contributed by atoms with Gasteiger partial charge in [-0.3, -0.25) is 14.5 Å². The maximum atomic E-state index is 12.7. The number of carbonyl (C=O) groups excluding carboxylic acids is 3. The maximum Gasteiger partial charge on any atom is 0.413 e. The normalized spacial score (nSPS) is 15.9. The van der Waals surface area contributed by atoms with E-state index in [9.17, 15) is 19.6 Å². The van der Waals surface area contributed by atoms with Crippen LogP contribution in [0.4, 0.5) is 10.6 Å². The Balaban J connectivity index is 2.00. The monoisotopic (exact) mass is 428 g/mol. The van der Waals surface area contributed by atoms with Crippen LogP contribution in [-0.4, -0.2) is 71.3 Å². The Morgan fingerprint density at radius 1 is 1.35 bits per heavy atom. The number of nitriles is 2. The smallest absolute Gasteiger partial charge is 0.413 e. The van der Waals surface area contributed by atoms with E-state index in [2.05, 4.69) is 16.4 Å². The molecule has 2 rings (SSSR count). The number of rotatable bonds is 8. The molecule has 1 aromatic heterocycles. The van der Waals surface area contributed by atoms with E-state index >= 15 is 0 Å². The third kappa shape index (κ3) is 7.16. The number of ether oxygens (including phenoxy) is 2. The third-order valence-corrected chi connectivity index (χ3v) is 4.49. The van der Waals surface area contributed by atoms with Gasteiger partial charge in [0.05, 0.1) is 11.6 Å². The molecule has 2 heterocycles. The van der Waals surface area contributed by atoms with E-state index in [0.717, 1.165) is 6.42 Å². The molecule has 1 aliphatic rings. The highest BCUT2D eigenvalue weighted by Crippen LogP contribution is 2.17. The predicted octanol–water partition coefficient (Wildman–Crippen LogP) is 1.23. The van der Waals surface area contributed by atoms with Gasteiger partial charge < -0.3 is 19.7 Å². The SMILES string of the molecule is CC(=O)OC(C)OC(=O)N(CCNc1ccc(C#N)cn1)CC(=O)N1CCC[C@H]1C#N. The van der Waals surface area contributed by atoms with Crippen molar-refractivity contribution in [1.29, 1.82) is 10.5 Å². The molecule has 1 aromatic rings. The zero-order valence-corrected chi connectivity index (χ0v) is 17.4. The van der Waals surface area contributed by atoms with Crippen molar-refractivity contribution in [3.05, 3.63) is 23.9 Å². The molecule has 1 aliphatic heterocycles. The second kappa shape index (κ2) is 11.4. The molecule has 31 heavy (non-hydrogen) atoms. The summed E-state index contributed by atoms with van der Waals surface area (Å²) in [5, 5.41) is 21.0. The summed E-state index contributed by atoms with van der Waals surface area (Å²) in [6.07, 6.45) is 0.791. The summed E-state index contributed by atoms with van der Waals surface area (Å²) < 4.78 is 9.91. The molecule has 0 aliphatic carbocycles. The molecule has 0 radical (unpaired) electrons. The van der Waals surface area contributed by atoms with Crippen molar-refractivity contribution in [2.75, 3.05) is 31.5 Å². The number of pyridine rings is 1. The first kappa shape index (κ1) is 23.4. The van der Waals surface area contributed by atoms with Crippen LogP contribution in [-0.2, 0) is 19.1 Å². The first-order valence-corrected chi connectivity index (χ1v) is 9.76. The first-order chi connectivity index (χ1) is 14.8. The van der Waals surface area contributed by atoms with Gasteiger partial charge in [-0.25, -0.2) is 9.78 Å². The summed E-state index contributed by atoms with van der Waals surface area (Å²) in [5.41, 5.74) is 0.415. The minimum Gasteiger partial charge on any atom is -0.426 e. The van der Waals surface area contributed by atoms with Crippen LogP contribution in [0.2, 0.25) is 0 Å². The average Bonchev–Trinajstić information content (AvgIpc) is 3.21. The number of hydrogen-bond acceptors (Lipinski definition) is 9. The van der Waals surface area contributed by atoms with Crippen molar-refractivity contribution < 1.29 is 23.9 Å². The zero-order valence-electron chi connectivity index (χ0n) is 17.4. The fourth-order valence-corrected chi connectivity index (χ4v) is 3.05. The maximum absolute atomic E-state index is 12.7. The van der Waals surface area contributed by atoms with Gasteiger partial charge in [0.25, 0.3) is 0 Å². The highest BCUT2D eigenvalue weighted by atomic mass is 16.7. The van der Waals surface area contributed by atoms with E-state index in [0.29, 0.717) is 24.3 Å². The van der Waals surface area contributed by atoms with Gasteiger partial charge >= 0.3 is 12.1 Å². The van der Waals surface area contributed by atoms with Crippen molar-refractivity contribution >= 4 is 23.8 Å². The predicted molar refractivity (Wildman–Crippen MR) is 107 cm³/mol. The second-order valence-electron chi connectivity index (χ2n) is 6.83. The van der Waals surface area contributed by atoms with Crippen molar-refractivity contribution in [2.24, 2.45) is 0 Å². The van der Waals surface area contributed by atoms with Crippen LogP contribution < -0.4 is 5.32 Å². The van der Waals surface area contributed by atoms with Crippen molar-refractivity contribution in [1.82, 2.24) is 14.8 Å². The van der Waals surface area contributed by atoms with E-state index < -0.39 is 24.4 Å². The number of carbonyl (C=O) groups is 3. The van der Waals surface area contributed by atoms with Gasteiger partial charge in [-0.2, -0.15) is 10.5 Å². The number of nitrogens with one attached hydrogen (secondary N) is 1. The molecular formula is C20H24N6O5. The second-order valence-corrected chi connectivity index (χ2v) is 6.83. The zero-order chi connectivity index (χ0) is 22.8. The summed E-state index contributed by atoms with van der Waals surface area (Å²) in [6.45, 7) is 3.08. The highest BCUT2D eigenvalue weighted by Gasteiger charge is 2.31. The molecule has 2 amide bonds. The van der Waals surface area contributed by atoms with Crippen molar-refractivity contribution in [2.45, 2.75) is 39.0 Å². The van der Waals surface area contributed by atoms with Gasteiger partial charge in [-0.05, 0) is 25.0 Å². The van der Waals surface area contributed by atoms with Crippen LogP contribution >= 0.6 is 0 Å². The molecule has 0 saturated carbocycles. The lowest BCUT2D eigenvalue weighted by Crippen LogP contribution is -2.46. The Morgan fingerprint density at radius 3 is 2.74 bits per heavy atom. The number of esters is 1. The minimum absolute atomic E-state index is 0.0874. The molecule has 2 atom stereocenters. The average molecular weight is 428 g/mol. The largest absolute Gasteiger partial charge is 0.426 e. The Labute approximate surface area is 180 Å². The van der Waals surface area contributed by atoms with Crippen molar-refractivity contribution in [3.8, 4) is 12.1 Å². The lowest BCUT2D eigenvalue weighted by atomic mass is 10.2. The Kier molecular flexibility index (Phi) is 8.58. The van der Waals surface area contributed by atoms with Gasteiger partial charge in [0.1, 0.15) is 24.5 Å². The van der Waals surface area contributed by atoms with E-state index in [-0.39, 0.29) is 25.5 Å². The lowest BCUT2D eigenvalue weighted by Gasteiger charge is -2.27. The van der Waals surface area contributed by atoms with E-state index in [4.69, 9.17) is 14.7 Å². The lowest BCUT2D eigenvalue weighted by molar-refractivity contribution is -0.163. The highest BCUT2D eigenvalue weighted by molar-refractivity contribution is 5.83. The third-order valence-electron chi connectivity index (χ3n) is 4.49. The molecule has 0 aromatic carbocycles. The Hall–Kier alpha value is -3.86. The summed E-state index contributed by atoms with van der Waals surface area (Å²) in [4.78, 5) is 43.0. The van der Waals surface area contributed by atoms with Crippen LogP contribution in [0.1, 0.15) is 32.3 Å². The Morgan fingerprint density at radius 2 is 2.13 bits per heavy atom. The Bertz CT molecular complexity index is 876. The van der Waals surface area contributed by atoms with E-state index in [1.807, 2.05) is 6.07 Å². The molecule has 164 valence electrons. The van der Waals surface area contributed by atoms with Crippen LogP contribution in [0, 0.1) is 22.7 Å². The van der Waals surface area contributed by atoms with Gasteiger partial charge in [0, 0.05) is 39.7 Å². The van der Waals surface area contributed by atoms with Gasteiger partial charge in [0.2, 0.25) is 12.2 Å². The number of anilines is 1. The molecule has 1 saturated heterocycles. The summed E-state index contributed by atoms with van der Waals surface area (Å²) >= 11 is 0. The summed E-state index contributed by atoms with van der Waals surface area (Å²) in [5.74, 6) is -0.473. The molecule has 0 bridgehead atoms. The van der Waals surface area contributed by atoms with E-state index in [1.165, 1.54) is 29.8 Å². The number of amides is 2. The molecule has 11 heteroatoms. The van der Waals surface area contributed by atoms with Crippen molar-refractivity contribution in [3.63, 3.8) is 0 Å². The van der Waals surface area contributed by atoms with Gasteiger partial charge in [0.15, 0.2) is 0 Å². The van der Waals surface area contributed by atoms with E-state index in [1.54, 1.807) is 12.1 Å². The topological polar surface area (TPSA) is 149 Å². The fraction of sp³-hybridized carbons (Fsp3) is 0.500. The standard InChI is InChI=1S/C20H24N6O5/c1-14(27)30-15(2)31-20(29)25(13-19(28)26-8-3-4-17(26)11-22)9-7-23-18-6-5-16(10-21)12-24-18/h5-6,12,15,17H,3-4,7-9,13H2,1-2H3,(H,23,24)/t15?,17-/m0/s1. The van der Waals surface area contributed by atoms with Gasteiger partial charge in [-0.15, -0.1) is 0 Å². The summed E-state index contributed by atoms with van der Waals surface area (Å²) in [7, 11) is 0. The van der Waals surface area contributed by atoms with Crippen LogP contribution in [0.5, 0.6) is 0 Å². The molecule has 1 N–H and O–H groups in total. The summed E-state index contributed by atoms with van der Waals surface area (Å²) in [6, 6.07) is 6.78. The number of likely N-dealkylation sites (tertiary alicyclic amines) is 1. The quantitative estimate of drug-likeness (QED) is 0.476. The fourth-order valence-electron chi connectivity index (χ4n) is 3.05. The molecule has 1 unspecified atom stereocenters. The van der Waals surface area contributed by atoms with Crippen LogP contribution in [0.25, 0.3) is 0 Å². The number of aromatic nitrogens is 1. The number of nitrogens with zero attached hydrogens (tertiary/aromatic N) is 5. The van der Waals surface area contributed by atoms with Crippen LogP contribution in [0.3, 0.4) is 0 Å². The molecule has 1 fully saturated rings. The number of hydrogen-bond donors (Lipinski definition) is 1. The molecular weight excluding hydrogens is 404 g/mol.